The first kappa shape index (κ1) is 11.4. The Morgan fingerprint density at radius 1 is 1.38 bits per heavy atom. The van der Waals surface area contributed by atoms with Gasteiger partial charge in [0.05, 0.1) is 5.69 Å². The van der Waals surface area contributed by atoms with Gasteiger partial charge in [-0.05, 0) is 30.0 Å². The summed E-state index contributed by atoms with van der Waals surface area (Å²) in [6, 6.07) is 9.32. The Labute approximate surface area is 104 Å². The summed E-state index contributed by atoms with van der Waals surface area (Å²) in [7, 11) is 0. The molecule has 16 heavy (non-hydrogen) atoms. The average molecular weight is 254 g/mol. The Kier molecular flexibility index (Phi) is 3.41. The molecule has 0 aliphatic rings. The van der Waals surface area contributed by atoms with Crippen molar-refractivity contribution >= 4 is 29.2 Å². The second kappa shape index (κ2) is 4.80. The van der Waals surface area contributed by atoms with Crippen LogP contribution in [0.15, 0.2) is 35.4 Å². The van der Waals surface area contributed by atoms with E-state index in [1.165, 1.54) is 0 Å². The van der Waals surface area contributed by atoms with Crippen LogP contribution < -0.4 is 5.73 Å². The third-order valence-electron chi connectivity index (χ3n) is 2.08. The van der Waals surface area contributed by atoms with Crippen LogP contribution in [0.4, 0.5) is 5.82 Å². The van der Waals surface area contributed by atoms with Crippen molar-refractivity contribution < 1.29 is 0 Å². The summed E-state index contributed by atoms with van der Waals surface area (Å²) in [5.41, 5.74) is 6.82. The Morgan fingerprint density at radius 2 is 2.06 bits per heavy atom. The molecule has 2 rings (SSSR count). The molecule has 0 atom stereocenters. The van der Waals surface area contributed by atoms with E-state index in [1.54, 1.807) is 16.4 Å². The third kappa shape index (κ3) is 2.33. The minimum atomic E-state index is 0.637. The molecule has 0 bridgehead atoms. The van der Waals surface area contributed by atoms with E-state index in [0.29, 0.717) is 10.8 Å². The van der Waals surface area contributed by atoms with Gasteiger partial charge in [-0.1, -0.05) is 18.5 Å². The number of nitrogen functional groups attached to an aromatic ring is 1. The average Bonchev–Trinajstić information content (AvgIpc) is 2.61. The molecule has 5 heteroatoms. The number of hydrogen-bond acceptors (Lipinski definition) is 3. The van der Waals surface area contributed by atoms with E-state index < -0.39 is 0 Å². The number of hydrogen-bond donors (Lipinski definition) is 1. The van der Waals surface area contributed by atoms with Gasteiger partial charge < -0.3 is 5.73 Å². The number of halogens is 1. The molecule has 84 valence electrons. The van der Waals surface area contributed by atoms with E-state index in [4.69, 9.17) is 17.3 Å². The second-order valence-corrected chi connectivity index (χ2v) is 4.95. The topological polar surface area (TPSA) is 43.8 Å². The van der Waals surface area contributed by atoms with Crippen LogP contribution in [0.3, 0.4) is 0 Å². The van der Waals surface area contributed by atoms with Crippen molar-refractivity contribution in [2.45, 2.75) is 11.9 Å². The Balaban J connectivity index is 2.36. The number of rotatable bonds is 3. The van der Waals surface area contributed by atoms with Crippen LogP contribution in [0, 0.1) is 0 Å². The molecule has 0 saturated carbocycles. The number of nitrogens with zero attached hydrogens (tertiary/aromatic N) is 2. The monoisotopic (exact) mass is 253 g/mol. The molecular weight excluding hydrogens is 242 g/mol. The van der Waals surface area contributed by atoms with Gasteiger partial charge in [-0.3, -0.25) is 0 Å². The van der Waals surface area contributed by atoms with Gasteiger partial charge in [0.2, 0.25) is 0 Å². The largest absolute Gasteiger partial charge is 0.384 e. The van der Waals surface area contributed by atoms with E-state index in [-0.39, 0.29) is 0 Å². The molecule has 0 aliphatic carbocycles. The van der Waals surface area contributed by atoms with Crippen LogP contribution >= 0.6 is 23.4 Å². The van der Waals surface area contributed by atoms with E-state index in [2.05, 4.69) is 12.0 Å². The maximum Gasteiger partial charge on any atom is 0.128 e. The molecule has 2 aromatic rings. The zero-order valence-electron chi connectivity index (χ0n) is 8.85. The summed E-state index contributed by atoms with van der Waals surface area (Å²) in [5, 5.41) is 6.06. The minimum Gasteiger partial charge on any atom is -0.384 e. The summed E-state index contributed by atoms with van der Waals surface area (Å²) < 4.78 is 1.72. The van der Waals surface area contributed by atoms with Gasteiger partial charge in [-0.25, -0.2) is 4.68 Å². The number of thioether (sulfide) groups is 1. The van der Waals surface area contributed by atoms with Gasteiger partial charge in [0.25, 0.3) is 0 Å². The highest BCUT2D eigenvalue weighted by Gasteiger charge is 2.06. The molecule has 0 saturated heterocycles. The van der Waals surface area contributed by atoms with Gasteiger partial charge in [0, 0.05) is 11.1 Å². The van der Waals surface area contributed by atoms with Gasteiger partial charge in [-0.2, -0.15) is 5.10 Å². The SMILES string of the molecule is CCSc1cc(N)n(-c2ccc(Cl)cc2)n1. The first-order valence-corrected chi connectivity index (χ1v) is 6.31. The molecule has 0 amide bonds. The quantitative estimate of drug-likeness (QED) is 0.855. The fourth-order valence-corrected chi connectivity index (χ4v) is 2.15. The summed E-state index contributed by atoms with van der Waals surface area (Å²) in [6.45, 7) is 2.09. The third-order valence-corrected chi connectivity index (χ3v) is 3.11. The van der Waals surface area contributed by atoms with Crippen molar-refractivity contribution in [1.29, 1.82) is 0 Å². The molecule has 0 spiro atoms. The number of anilines is 1. The van der Waals surface area contributed by atoms with Gasteiger partial charge in [-0.15, -0.1) is 11.8 Å². The molecule has 0 fully saturated rings. The highest BCUT2D eigenvalue weighted by molar-refractivity contribution is 7.99. The standard InChI is InChI=1S/C11H12ClN3S/c1-2-16-11-7-10(13)15(14-11)9-5-3-8(12)4-6-9/h3-7H,2,13H2,1H3. The van der Waals surface area contributed by atoms with Crippen LogP contribution in [0.5, 0.6) is 0 Å². The van der Waals surface area contributed by atoms with Crippen molar-refractivity contribution in [1.82, 2.24) is 9.78 Å². The maximum absolute atomic E-state index is 5.90. The van der Waals surface area contributed by atoms with E-state index in [1.807, 2.05) is 30.3 Å². The van der Waals surface area contributed by atoms with Crippen molar-refractivity contribution in [3.8, 4) is 5.69 Å². The Bertz CT molecular complexity index is 478. The van der Waals surface area contributed by atoms with E-state index in [9.17, 15) is 0 Å². The smallest absolute Gasteiger partial charge is 0.128 e. The van der Waals surface area contributed by atoms with Crippen LogP contribution in [0.25, 0.3) is 5.69 Å². The predicted octanol–water partition coefficient (Wildman–Crippen LogP) is 3.22. The van der Waals surface area contributed by atoms with Crippen LogP contribution in [0.1, 0.15) is 6.92 Å². The molecule has 1 aromatic carbocycles. The van der Waals surface area contributed by atoms with Crippen molar-refractivity contribution in [3.63, 3.8) is 0 Å². The molecule has 2 N–H and O–H groups in total. The number of aromatic nitrogens is 2. The molecule has 1 aromatic heterocycles. The molecular formula is C11H12ClN3S. The lowest BCUT2D eigenvalue weighted by molar-refractivity contribution is 0.846. The van der Waals surface area contributed by atoms with Crippen molar-refractivity contribution in [3.05, 3.63) is 35.4 Å². The number of benzene rings is 1. The Morgan fingerprint density at radius 3 is 2.69 bits per heavy atom. The zero-order valence-corrected chi connectivity index (χ0v) is 10.4. The first-order valence-electron chi connectivity index (χ1n) is 4.95. The lowest BCUT2D eigenvalue weighted by atomic mass is 10.3. The lowest BCUT2D eigenvalue weighted by Crippen LogP contribution is -2.01. The second-order valence-electron chi connectivity index (χ2n) is 3.23. The van der Waals surface area contributed by atoms with Crippen LogP contribution in [-0.2, 0) is 0 Å². The first-order chi connectivity index (χ1) is 7.70. The van der Waals surface area contributed by atoms with E-state index >= 15 is 0 Å². The lowest BCUT2D eigenvalue weighted by Gasteiger charge is -2.03. The van der Waals surface area contributed by atoms with Crippen LogP contribution in [-0.4, -0.2) is 15.5 Å². The molecule has 0 radical (unpaired) electrons. The zero-order chi connectivity index (χ0) is 11.5. The predicted molar refractivity (Wildman–Crippen MR) is 69.4 cm³/mol. The molecule has 1 heterocycles. The fraction of sp³-hybridized carbons (Fsp3) is 0.182. The highest BCUT2D eigenvalue weighted by Crippen LogP contribution is 2.22. The van der Waals surface area contributed by atoms with Crippen molar-refractivity contribution in [2.75, 3.05) is 11.5 Å². The van der Waals surface area contributed by atoms with Crippen molar-refractivity contribution in [2.24, 2.45) is 0 Å². The fourth-order valence-electron chi connectivity index (χ4n) is 1.38. The van der Waals surface area contributed by atoms with Gasteiger partial charge in [0.15, 0.2) is 0 Å². The molecule has 0 unspecified atom stereocenters. The summed E-state index contributed by atoms with van der Waals surface area (Å²) in [4.78, 5) is 0. The molecule has 0 aliphatic heterocycles. The number of nitrogens with two attached hydrogens (primary N) is 1. The minimum absolute atomic E-state index is 0.637. The summed E-state index contributed by atoms with van der Waals surface area (Å²) in [6.07, 6.45) is 0. The highest BCUT2D eigenvalue weighted by atomic mass is 35.5. The summed E-state index contributed by atoms with van der Waals surface area (Å²) >= 11 is 7.50. The Hall–Kier alpha value is -1.13. The van der Waals surface area contributed by atoms with E-state index in [0.717, 1.165) is 16.5 Å². The summed E-state index contributed by atoms with van der Waals surface area (Å²) in [5.74, 6) is 1.62. The van der Waals surface area contributed by atoms with Crippen LogP contribution in [0.2, 0.25) is 5.02 Å². The normalized spacial score (nSPS) is 10.6. The van der Waals surface area contributed by atoms with Gasteiger partial charge >= 0.3 is 0 Å². The maximum atomic E-state index is 5.90. The molecule has 3 nitrogen and oxygen atoms in total. The van der Waals surface area contributed by atoms with Gasteiger partial charge in [0.1, 0.15) is 10.8 Å².